The second-order valence-corrected chi connectivity index (χ2v) is 8.98. The zero-order valence-electron chi connectivity index (χ0n) is 16.5. The molecule has 0 aliphatic rings. The molecule has 2 aromatic rings. The van der Waals surface area contributed by atoms with Gasteiger partial charge in [-0.2, -0.15) is 0 Å². The molecule has 26 heavy (non-hydrogen) atoms. The van der Waals surface area contributed by atoms with E-state index in [1.165, 1.54) is 62.8 Å². The highest BCUT2D eigenvalue weighted by molar-refractivity contribution is 9.11. The van der Waals surface area contributed by atoms with Gasteiger partial charge in [-0.25, -0.2) is 9.97 Å². The van der Waals surface area contributed by atoms with E-state index in [9.17, 15) is 0 Å². The summed E-state index contributed by atoms with van der Waals surface area (Å²) < 4.78 is 2.06. The Bertz CT molecular complexity index is 700. The van der Waals surface area contributed by atoms with E-state index in [4.69, 9.17) is 9.97 Å². The molecule has 144 valence electrons. The highest BCUT2D eigenvalue weighted by Gasteiger charge is 2.16. The summed E-state index contributed by atoms with van der Waals surface area (Å²) in [5.41, 5.74) is 4.39. The third-order valence-corrected chi connectivity index (χ3v) is 6.45. The molecule has 1 atom stereocenters. The molecule has 0 saturated heterocycles. The molecule has 0 spiro atoms. The van der Waals surface area contributed by atoms with Gasteiger partial charge in [-0.1, -0.05) is 65.7 Å². The summed E-state index contributed by atoms with van der Waals surface area (Å²) in [6, 6.07) is 4.11. The Hall–Kier alpha value is -0.480. The van der Waals surface area contributed by atoms with Crippen molar-refractivity contribution in [2.24, 2.45) is 5.92 Å². The molecule has 0 aliphatic heterocycles. The number of rotatable bonds is 11. The van der Waals surface area contributed by atoms with Gasteiger partial charge < -0.3 is 0 Å². The van der Waals surface area contributed by atoms with Crippen molar-refractivity contribution in [3.8, 4) is 0 Å². The van der Waals surface area contributed by atoms with Crippen LogP contribution < -0.4 is 0 Å². The van der Waals surface area contributed by atoms with Gasteiger partial charge in [0.1, 0.15) is 11.0 Å². The molecular weight excluding hydrogens is 452 g/mol. The van der Waals surface area contributed by atoms with Gasteiger partial charge >= 0.3 is 0 Å². The van der Waals surface area contributed by atoms with Gasteiger partial charge in [0.2, 0.25) is 0 Å². The summed E-state index contributed by atoms with van der Waals surface area (Å²) >= 11 is 7.32. The van der Waals surface area contributed by atoms with Gasteiger partial charge in [0.25, 0.3) is 0 Å². The number of nitrogens with zero attached hydrogens (tertiary/aromatic N) is 2. The predicted octanol–water partition coefficient (Wildman–Crippen LogP) is 8.04. The van der Waals surface area contributed by atoms with E-state index in [-0.39, 0.29) is 0 Å². The normalized spacial score (nSPS) is 12.7. The molecule has 0 bridgehead atoms. The first-order valence-electron chi connectivity index (χ1n) is 10.2. The number of fused-ring (bicyclic) bond motifs is 1. The predicted molar refractivity (Wildman–Crippen MR) is 120 cm³/mol. The van der Waals surface area contributed by atoms with Gasteiger partial charge in [0.05, 0.1) is 11.4 Å². The third-order valence-electron chi connectivity index (χ3n) is 5.17. The number of benzene rings is 1. The first kappa shape index (κ1) is 21.8. The van der Waals surface area contributed by atoms with E-state index < -0.39 is 0 Å². The number of unbranched alkanes of at least 4 members (excludes halogenated alkanes) is 4. The highest BCUT2D eigenvalue weighted by Crippen LogP contribution is 2.30. The molecular formula is C22H32Br2N2. The van der Waals surface area contributed by atoms with Crippen molar-refractivity contribution in [1.29, 1.82) is 0 Å². The molecule has 0 aliphatic carbocycles. The highest BCUT2D eigenvalue weighted by atomic mass is 79.9. The molecule has 2 nitrogen and oxygen atoms in total. The van der Waals surface area contributed by atoms with Crippen LogP contribution >= 0.6 is 31.9 Å². The first-order valence-corrected chi connectivity index (χ1v) is 11.8. The Kier molecular flexibility index (Phi) is 9.55. The van der Waals surface area contributed by atoms with Crippen molar-refractivity contribution in [2.75, 3.05) is 0 Å². The van der Waals surface area contributed by atoms with E-state index in [1.807, 2.05) is 0 Å². The van der Waals surface area contributed by atoms with Gasteiger partial charge in [-0.05, 0) is 69.2 Å². The molecule has 1 heterocycles. The van der Waals surface area contributed by atoms with E-state index in [0.29, 0.717) is 5.92 Å². The fraction of sp³-hybridized carbons (Fsp3) is 0.636. The average Bonchev–Trinajstić information content (AvgIpc) is 2.65. The monoisotopic (exact) mass is 482 g/mol. The minimum absolute atomic E-state index is 0.710. The maximum absolute atomic E-state index is 5.09. The zero-order chi connectivity index (χ0) is 18.9. The fourth-order valence-electron chi connectivity index (χ4n) is 3.44. The summed E-state index contributed by atoms with van der Waals surface area (Å²) in [5.74, 6) is 0.710. The topological polar surface area (TPSA) is 25.8 Å². The number of halogens is 2. The summed E-state index contributed by atoms with van der Waals surface area (Å²) in [6.45, 7) is 6.84. The van der Waals surface area contributed by atoms with Crippen LogP contribution in [-0.4, -0.2) is 9.97 Å². The van der Waals surface area contributed by atoms with Crippen molar-refractivity contribution >= 4 is 42.9 Å². The molecule has 0 radical (unpaired) electrons. The maximum Gasteiger partial charge on any atom is 0.104 e. The Labute approximate surface area is 175 Å². The number of hydrogen-bond donors (Lipinski definition) is 0. The number of aryl methyl sites for hydroxylation is 1. The SMILES string of the molecule is CCCCCCc1nc2c(Br)ccc(Br)c2nc1CC(CC)CCCC. The molecule has 1 aromatic heterocycles. The lowest BCUT2D eigenvalue weighted by Crippen LogP contribution is -2.10. The quantitative estimate of drug-likeness (QED) is 0.302. The summed E-state index contributed by atoms with van der Waals surface area (Å²) in [5, 5.41) is 0. The minimum Gasteiger partial charge on any atom is -0.248 e. The summed E-state index contributed by atoms with van der Waals surface area (Å²) in [6.07, 6.45) is 12.2. The van der Waals surface area contributed by atoms with E-state index in [1.54, 1.807) is 0 Å². The Balaban J connectivity index is 2.34. The summed E-state index contributed by atoms with van der Waals surface area (Å²) in [4.78, 5) is 10.2. The van der Waals surface area contributed by atoms with Crippen LogP contribution in [0.5, 0.6) is 0 Å². The van der Waals surface area contributed by atoms with Crippen molar-refractivity contribution in [3.05, 3.63) is 32.5 Å². The fourth-order valence-corrected chi connectivity index (χ4v) is 4.26. The Morgan fingerprint density at radius 3 is 2.00 bits per heavy atom. The van der Waals surface area contributed by atoms with Crippen molar-refractivity contribution < 1.29 is 0 Å². The van der Waals surface area contributed by atoms with Crippen molar-refractivity contribution in [3.63, 3.8) is 0 Å². The van der Waals surface area contributed by atoms with Crippen LogP contribution in [0, 0.1) is 5.92 Å². The van der Waals surface area contributed by atoms with Crippen LogP contribution in [0.15, 0.2) is 21.1 Å². The van der Waals surface area contributed by atoms with E-state index in [0.717, 1.165) is 32.8 Å². The van der Waals surface area contributed by atoms with Crippen molar-refractivity contribution in [2.45, 2.75) is 85.0 Å². The molecule has 0 fully saturated rings. The van der Waals surface area contributed by atoms with Crippen LogP contribution in [0.1, 0.15) is 83.5 Å². The van der Waals surface area contributed by atoms with Gasteiger partial charge in [-0.3, -0.25) is 0 Å². The second kappa shape index (κ2) is 11.4. The van der Waals surface area contributed by atoms with E-state index in [2.05, 4.69) is 64.8 Å². The number of aromatic nitrogens is 2. The molecule has 0 N–H and O–H groups in total. The van der Waals surface area contributed by atoms with Gasteiger partial charge in [0, 0.05) is 8.95 Å². The van der Waals surface area contributed by atoms with Crippen LogP contribution in [0.2, 0.25) is 0 Å². The zero-order valence-corrected chi connectivity index (χ0v) is 19.6. The lowest BCUT2D eigenvalue weighted by molar-refractivity contribution is 0.443. The van der Waals surface area contributed by atoms with Crippen molar-refractivity contribution in [1.82, 2.24) is 9.97 Å². The van der Waals surface area contributed by atoms with Crippen LogP contribution in [0.4, 0.5) is 0 Å². The smallest absolute Gasteiger partial charge is 0.104 e. The minimum atomic E-state index is 0.710. The van der Waals surface area contributed by atoms with Crippen LogP contribution in [0.3, 0.4) is 0 Å². The third kappa shape index (κ3) is 6.02. The molecule has 4 heteroatoms. The maximum atomic E-state index is 5.09. The number of hydrogen-bond acceptors (Lipinski definition) is 2. The largest absolute Gasteiger partial charge is 0.248 e. The Morgan fingerprint density at radius 2 is 1.42 bits per heavy atom. The first-order chi connectivity index (χ1) is 12.6. The summed E-state index contributed by atoms with van der Waals surface area (Å²) in [7, 11) is 0. The lowest BCUT2D eigenvalue weighted by atomic mass is 9.92. The van der Waals surface area contributed by atoms with Gasteiger partial charge in [-0.15, -0.1) is 0 Å². The molecule has 1 unspecified atom stereocenters. The second-order valence-electron chi connectivity index (χ2n) is 7.27. The average molecular weight is 484 g/mol. The van der Waals surface area contributed by atoms with Gasteiger partial charge in [0.15, 0.2) is 0 Å². The lowest BCUT2D eigenvalue weighted by Gasteiger charge is -2.17. The van der Waals surface area contributed by atoms with Crippen LogP contribution in [0.25, 0.3) is 11.0 Å². The Morgan fingerprint density at radius 1 is 0.808 bits per heavy atom. The van der Waals surface area contributed by atoms with Crippen LogP contribution in [-0.2, 0) is 12.8 Å². The molecule has 0 saturated carbocycles. The standard InChI is InChI=1S/C22H32Br2N2/c1-4-7-9-10-12-19-20(15-16(6-3)11-8-5-2)26-22-18(24)14-13-17(23)21(22)25-19/h13-14,16H,4-12,15H2,1-3H3. The molecule has 1 aromatic carbocycles. The molecule has 0 amide bonds. The molecule has 2 rings (SSSR count). The van der Waals surface area contributed by atoms with E-state index >= 15 is 0 Å².